The van der Waals surface area contributed by atoms with Crippen LogP contribution in [0.3, 0.4) is 0 Å². The van der Waals surface area contributed by atoms with Gasteiger partial charge in [-0.05, 0) is 42.1 Å². The van der Waals surface area contributed by atoms with Gasteiger partial charge in [-0.1, -0.05) is 18.1 Å². The number of hydrogen-bond acceptors (Lipinski definition) is 8. The van der Waals surface area contributed by atoms with E-state index in [4.69, 9.17) is 9.26 Å². The average molecular weight is 465 g/mol. The Morgan fingerprint density at radius 3 is 2.52 bits per heavy atom. The first-order valence-electron chi connectivity index (χ1n) is 9.51. The molecule has 3 aromatic rings. The quantitative estimate of drug-likeness (QED) is 0.479. The summed E-state index contributed by atoms with van der Waals surface area (Å²) in [4.78, 5) is 19.6. The molecular formula is C20H24N4O5S2. The van der Waals surface area contributed by atoms with E-state index in [-0.39, 0.29) is 12.5 Å². The minimum absolute atomic E-state index is 0.162. The van der Waals surface area contributed by atoms with E-state index in [1.54, 1.807) is 31.3 Å². The topological polar surface area (TPSA) is 106 Å². The summed E-state index contributed by atoms with van der Waals surface area (Å²) >= 11 is 1.51. The van der Waals surface area contributed by atoms with Crippen molar-refractivity contribution in [2.75, 3.05) is 24.7 Å². The van der Waals surface area contributed by atoms with Crippen molar-refractivity contribution >= 4 is 33.0 Å². The normalized spacial score (nSPS) is 12.4. The molecule has 2 aromatic heterocycles. The number of carbonyl (C=O) groups is 1. The number of amides is 1. The number of aromatic nitrogens is 2. The molecule has 2 heterocycles. The van der Waals surface area contributed by atoms with Crippen molar-refractivity contribution in [2.24, 2.45) is 0 Å². The van der Waals surface area contributed by atoms with Crippen LogP contribution >= 0.6 is 11.3 Å². The second kappa shape index (κ2) is 9.48. The number of sulfonamides is 1. The van der Waals surface area contributed by atoms with Crippen LogP contribution in [0, 0.1) is 0 Å². The molecule has 0 saturated carbocycles. The Morgan fingerprint density at radius 1 is 1.23 bits per heavy atom. The zero-order valence-corrected chi connectivity index (χ0v) is 19.3. The van der Waals surface area contributed by atoms with Gasteiger partial charge >= 0.3 is 0 Å². The number of anilines is 1. The maximum atomic E-state index is 12.9. The predicted molar refractivity (Wildman–Crippen MR) is 118 cm³/mol. The average Bonchev–Trinajstić information content (AvgIpc) is 3.42. The standard InChI is InChI=1S/C20H24N4O5S2/c1-5-16(28-15-10-8-14(9-11-15)24(3)31(4,26)27)20(25)23(2)13-18-21-19(22-29-18)17-7-6-12-30-17/h6-12,16H,5,13H2,1-4H3/t16-/m1/s1. The van der Waals surface area contributed by atoms with Crippen LogP contribution in [-0.4, -0.2) is 55.8 Å². The summed E-state index contributed by atoms with van der Waals surface area (Å²) in [5.74, 6) is 1.07. The molecule has 0 unspecified atom stereocenters. The molecule has 1 atom stereocenters. The summed E-state index contributed by atoms with van der Waals surface area (Å²) < 4.78 is 35.6. The van der Waals surface area contributed by atoms with Crippen molar-refractivity contribution < 1.29 is 22.5 Å². The van der Waals surface area contributed by atoms with Crippen molar-refractivity contribution in [3.63, 3.8) is 0 Å². The predicted octanol–water partition coefficient (Wildman–Crippen LogP) is 3.01. The molecule has 0 aliphatic carbocycles. The monoisotopic (exact) mass is 464 g/mol. The molecule has 9 nitrogen and oxygen atoms in total. The third kappa shape index (κ3) is 5.61. The molecule has 166 valence electrons. The minimum Gasteiger partial charge on any atom is -0.481 e. The number of nitrogens with zero attached hydrogens (tertiary/aromatic N) is 4. The number of hydrogen-bond donors (Lipinski definition) is 0. The van der Waals surface area contributed by atoms with Crippen molar-refractivity contribution in [2.45, 2.75) is 26.0 Å². The van der Waals surface area contributed by atoms with Gasteiger partial charge in [-0.15, -0.1) is 11.3 Å². The zero-order chi connectivity index (χ0) is 22.6. The first-order chi connectivity index (χ1) is 14.7. The summed E-state index contributed by atoms with van der Waals surface area (Å²) in [6, 6.07) is 10.3. The van der Waals surface area contributed by atoms with Gasteiger partial charge in [0.1, 0.15) is 5.75 Å². The third-order valence-corrected chi connectivity index (χ3v) is 6.65. The van der Waals surface area contributed by atoms with E-state index in [0.29, 0.717) is 29.6 Å². The summed E-state index contributed by atoms with van der Waals surface area (Å²) in [5, 5.41) is 5.88. The van der Waals surface area contributed by atoms with Gasteiger partial charge in [-0.2, -0.15) is 4.98 Å². The van der Waals surface area contributed by atoms with E-state index in [0.717, 1.165) is 11.1 Å². The Balaban J connectivity index is 1.63. The number of rotatable bonds is 9. The number of carbonyl (C=O) groups excluding carboxylic acids is 1. The molecule has 1 aromatic carbocycles. The summed E-state index contributed by atoms with van der Waals surface area (Å²) in [7, 11) is -0.233. The van der Waals surface area contributed by atoms with Crippen molar-refractivity contribution in [1.82, 2.24) is 15.0 Å². The van der Waals surface area contributed by atoms with E-state index in [2.05, 4.69) is 10.1 Å². The maximum Gasteiger partial charge on any atom is 0.263 e. The highest BCUT2D eigenvalue weighted by atomic mass is 32.2. The first kappa shape index (κ1) is 22.8. The summed E-state index contributed by atoms with van der Waals surface area (Å²) in [6.07, 6.45) is 0.882. The van der Waals surface area contributed by atoms with Crippen LogP contribution in [0.2, 0.25) is 0 Å². The lowest BCUT2D eigenvalue weighted by Gasteiger charge is -2.23. The second-order valence-electron chi connectivity index (χ2n) is 6.92. The van der Waals surface area contributed by atoms with Gasteiger partial charge in [0.25, 0.3) is 5.91 Å². The lowest BCUT2D eigenvalue weighted by atomic mass is 10.2. The highest BCUT2D eigenvalue weighted by Gasteiger charge is 2.24. The van der Waals surface area contributed by atoms with E-state index >= 15 is 0 Å². The van der Waals surface area contributed by atoms with Gasteiger partial charge < -0.3 is 14.2 Å². The Morgan fingerprint density at radius 2 is 1.94 bits per heavy atom. The zero-order valence-electron chi connectivity index (χ0n) is 17.7. The molecule has 0 aliphatic rings. The SMILES string of the molecule is CC[C@@H](Oc1ccc(N(C)S(C)(=O)=O)cc1)C(=O)N(C)Cc1nc(-c2cccs2)no1. The fourth-order valence-electron chi connectivity index (χ4n) is 2.75. The third-order valence-electron chi connectivity index (χ3n) is 4.58. The Labute approximate surface area is 185 Å². The van der Waals surface area contributed by atoms with Crippen LogP contribution < -0.4 is 9.04 Å². The van der Waals surface area contributed by atoms with Gasteiger partial charge in [0, 0.05) is 14.1 Å². The van der Waals surface area contributed by atoms with Crippen LogP contribution in [0.4, 0.5) is 5.69 Å². The smallest absolute Gasteiger partial charge is 0.263 e. The Hall–Kier alpha value is -2.92. The number of thiophene rings is 1. The molecular weight excluding hydrogens is 440 g/mol. The van der Waals surface area contributed by atoms with E-state index in [1.807, 2.05) is 24.4 Å². The van der Waals surface area contributed by atoms with Gasteiger partial charge in [-0.3, -0.25) is 9.10 Å². The Kier molecular flexibility index (Phi) is 6.96. The number of benzene rings is 1. The van der Waals surface area contributed by atoms with Crippen LogP contribution in [0.1, 0.15) is 19.2 Å². The highest BCUT2D eigenvalue weighted by molar-refractivity contribution is 7.92. The van der Waals surface area contributed by atoms with Crippen molar-refractivity contribution in [3.05, 3.63) is 47.7 Å². The first-order valence-corrected chi connectivity index (χ1v) is 12.2. The van der Waals surface area contributed by atoms with Crippen LogP contribution in [0.15, 0.2) is 46.3 Å². The van der Waals surface area contributed by atoms with E-state index < -0.39 is 16.1 Å². The summed E-state index contributed by atoms with van der Waals surface area (Å²) in [5.41, 5.74) is 0.504. The fraction of sp³-hybridized carbons (Fsp3) is 0.350. The molecule has 0 fully saturated rings. The van der Waals surface area contributed by atoms with Crippen molar-refractivity contribution in [1.29, 1.82) is 0 Å². The van der Waals surface area contributed by atoms with Crippen molar-refractivity contribution in [3.8, 4) is 16.5 Å². The molecule has 1 amide bonds. The van der Waals surface area contributed by atoms with Crippen LogP contribution in [0.25, 0.3) is 10.7 Å². The van der Waals surface area contributed by atoms with Gasteiger partial charge in [0.2, 0.25) is 21.7 Å². The lowest BCUT2D eigenvalue weighted by Crippen LogP contribution is -2.39. The van der Waals surface area contributed by atoms with Crippen LogP contribution in [-0.2, 0) is 21.4 Å². The molecule has 0 aliphatic heterocycles. The van der Waals surface area contributed by atoms with E-state index in [1.165, 1.54) is 27.6 Å². The van der Waals surface area contributed by atoms with Gasteiger partial charge in [0.15, 0.2) is 6.10 Å². The maximum absolute atomic E-state index is 12.9. The fourth-order valence-corrected chi connectivity index (χ4v) is 3.90. The lowest BCUT2D eigenvalue weighted by molar-refractivity contribution is -0.138. The summed E-state index contributed by atoms with van der Waals surface area (Å²) in [6.45, 7) is 2.01. The van der Waals surface area contributed by atoms with E-state index in [9.17, 15) is 13.2 Å². The minimum atomic E-state index is -3.35. The largest absolute Gasteiger partial charge is 0.481 e. The Bertz CT molecular complexity index is 1110. The van der Waals surface area contributed by atoms with Crippen LogP contribution in [0.5, 0.6) is 5.75 Å². The molecule has 11 heteroatoms. The number of likely N-dealkylation sites (N-methyl/N-ethyl adjacent to an activating group) is 1. The molecule has 31 heavy (non-hydrogen) atoms. The molecule has 3 rings (SSSR count). The number of ether oxygens (including phenoxy) is 1. The molecule has 0 bridgehead atoms. The molecule has 0 radical (unpaired) electrons. The second-order valence-corrected chi connectivity index (χ2v) is 9.88. The van der Waals surface area contributed by atoms with Gasteiger partial charge in [-0.25, -0.2) is 8.42 Å². The molecule has 0 spiro atoms. The molecule has 0 N–H and O–H groups in total. The van der Waals surface area contributed by atoms with Gasteiger partial charge in [0.05, 0.1) is 23.4 Å². The highest BCUT2D eigenvalue weighted by Crippen LogP contribution is 2.23. The molecule has 0 saturated heterocycles.